The van der Waals surface area contributed by atoms with Crippen molar-refractivity contribution in [3.8, 4) is 11.5 Å². The number of hydrogen-bond acceptors (Lipinski definition) is 8. The SMILES string of the molecule is COc1cc(C2O[C@H]3CCCC[C@H]3C(C)(OC)O2)ccc1O[C@H]1C[C@@H](O)C[C@@H](CO)O1. The van der Waals surface area contributed by atoms with Gasteiger partial charge in [-0.25, -0.2) is 0 Å². The molecule has 0 aromatic heterocycles. The summed E-state index contributed by atoms with van der Waals surface area (Å²) in [6.07, 6.45) is 2.87. The normalized spacial score (nSPS) is 38.4. The van der Waals surface area contributed by atoms with Crippen LogP contribution < -0.4 is 9.47 Å². The molecule has 0 radical (unpaired) electrons. The van der Waals surface area contributed by atoms with Crippen LogP contribution in [0, 0.1) is 5.92 Å². The minimum atomic E-state index is -0.707. The Hall–Kier alpha value is -1.42. The van der Waals surface area contributed by atoms with Crippen molar-refractivity contribution in [1.82, 2.24) is 0 Å². The molecule has 1 aromatic carbocycles. The molecule has 2 aliphatic heterocycles. The summed E-state index contributed by atoms with van der Waals surface area (Å²) in [6, 6.07) is 5.50. The maximum absolute atomic E-state index is 10.0. The summed E-state index contributed by atoms with van der Waals surface area (Å²) < 4.78 is 35.6. The van der Waals surface area contributed by atoms with Gasteiger partial charge in [-0.1, -0.05) is 12.8 Å². The standard InChI is InChI=1S/C23H34O8/c1-23(27-3)17-6-4-5-7-18(17)30-22(31-23)14-8-9-19(20(10-14)26-2)29-21-12-15(25)11-16(13-24)28-21/h8-10,15-18,21-22,24-25H,4-7,11-13H2,1-3H3/t15-,16-,17+,18-,21-,22?,23?/m0/s1. The molecule has 8 nitrogen and oxygen atoms in total. The maximum Gasteiger partial charge on any atom is 0.202 e. The summed E-state index contributed by atoms with van der Waals surface area (Å²) in [5, 5.41) is 19.4. The van der Waals surface area contributed by atoms with E-state index in [1.54, 1.807) is 20.3 Å². The van der Waals surface area contributed by atoms with Crippen molar-refractivity contribution < 1.29 is 38.6 Å². The molecule has 2 saturated heterocycles. The molecule has 0 spiro atoms. The second kappa shape index (κ2) is 9.60. The lowest BCUT2D eigenvalue weighted by Gasteiger charge is -2.49. The third-order valence-corrected chi connectivity index (χ3v) is 6.69. The van der Waals surface area contributed by atoms with E-state index in [4.69, 9.17) is 28.4 Å². The van der Waals surface area contributed by atoms with Gasteiger partial charge in [0.2, 0.25) is 6.29 Å². The van der Waals surface area contributed by atoms with Crippen molar-refractivity contribution in [1.29, 1.82) is 0 Å². The first kappa shape index (κ1) is 22.8. The van der Waals surface area contributed by atoms with Crippen molar-refractivity contribution in [2.75, 3.05) is 20.8 Å². The highest BCUT2D eigenvalue weighted by atomic mass is 16.8. The first-order valence-electron chi connectivity index (χ1n) is 11.1. The molecule has 3 fully saturated rings. The van der Waals surface area contributed by atoms with Gasteiger partial charge in [-0.05, 0) is 38.0 Å². The maximum atomic E-state index is 10.0. The van der Waals surface area contributed by atoms with E-state index in [1.807, 2.05) is 19.1 Å². The quantitative estimate of drug-likeness (QED) is 0.700. The minimum Gasteiger partial charge on any atom is -0.493 e. The molecule has 7 atom stereocenters. The molecule has 0 bridgehead atoms. The molecule has 1 aliphatic carbocycles. The summed E-state index contributed by atoms with van der Waals surface area (Å²) in [7, 11) is 3.25. The Morgan fingerprint density at radius 1 is 1.10 bits per heavy atom. The number of aliphatic hydroxyl groups excluding tert-OH is 2. The largest absolute Gasteiger partial charge is 0.493 e. The molecule has 3 aliphatic rings. The summed E-state index contributed by atoms with van der Waals surface area (Å²) in [6.45, 7) is 1.83. The van der Waals surface area contributed by atoms with Gasteiger partial charge in [-0.3, -0.25) is 0 Å². The molecule has 1 saturated carbocycles. The Morgan fingerprint density at radius 2 is 1.90 bits per heavy atom. The Labute approximate surface area is 183 Å². The van der Waals surface area contributed by atoms with Gasteiger partial charge in [-0.2, -0.15) is 0 Å². The van der Waals surface area contributed by atoms with Crippen molar-refractivity contribution in [3.05, 3.63) is 23.8 Å². The van der Waals surface area contributed by atoms with Crippen LogP contribution in [0.3, 0.4) is 0 Å². The van der Waals surface area contributed by atoms with Crippen LogP contribution in [-0.2, 0) is 18.9 Å². The lowest BCUT2D eigenvalue weighted by Crippen LogP contribution is -2.53. The smallest absolute Gasteiger partial charge is 0.202 e. The first-order valence-corrected chi connectivity index (χ1v) is 11.1. The Bertz CT molecular complexity index is 742. The number of ether oxygens (including phenoxy) is 6. The molecule has 4 rings (SSSR count). The van der Waals surface area contributed by atoms with Crippen LogP contribution >= 0.6 is 0 Å². The van der Waals surface area contributed by atoms with Crippen molar-refractivity contribution in [2.24, 2.45) is 5.92 Å². The third kappa shape index (κ3) is 4.84. The van der Waals surface area contributed by atoms with Gasteiger partial charge in [0.1, 0.15) is 0 Å². The number of methoxy groups -OCH3 is 2. The van der Waals surface area contributed by atoms with Crippen LogP contribution in [0.15, 0.2) is 18.2 Å². The van der Waals surface area contributed by atoms with E-state index >= 15 is 0 Å². The fourth-order valence-corrected chi connectivity index (χ4v) is 4.90. The van der Waals surface area contributed by atoms with E-state index in [0.29, 0.717) is 24.3 Å². The number of rotatable bonds is 6. The predicted octanol–water partition coefficient (Wildman–Crippen LogP) is 2.90. The molecule has 31 heavy (non-hydrogen) atoms. The van der Waals surface area contributed by atoms with Gasteiger partial charge in [0, 0.05) is 31.4 Å². The summed E-state index contributed by atoms with van der Waals surface area (Å²) in [5.41, 5.74) is 0.814. The van der Waals surface area contributed by atoms with Crippen LogP contribution in [0.1, 0.15) is 57.3 Å². The fourth-order valence-electron chi connectivity index (χ4n) is 4.90. The van der Waals surface area contributed by atoms with E-state index in [1.165, 1.54) is 0 Å². The van der Waals surface area contributed by atoms with E-state index < -0.39 is 30.6 Å². The zero-order chi connectivity index (χ0) is 22.0. The highest BCUT2D eigenvalue weighted by Crippen LogP contribution is 2.47. The molecule has 1 aromatic rings. The van der Waals surface area contributed by atoms with Crippen LogP contribution in [-0.4, -0.2) is 61.4 Å². The first-order chi connectivity index (χ1) is 15.0. The van der Waals surface area contributed by atoms with Gasteiger partial charge in [-0.15, -0.1) is 0 Å². The highest BCUT2D eigenvalue weighted by Gasteiger charge is 2.49. The fraction of sp³-hybridized carbons (Fsp3) is 0.739. The van der Waals surface area contributed by atoms with E-state index in [2.05, 4.69) is 0 Å². The van der Waals surface area contributed by atoms with Gasteiger partial charge in [0.25, 0.3) is 0 Å². The van der Waals surface area contributed by atoms with Gasteiger partial charge in [0.15, 0.2) is 23.6 Å². The molecular formula is C23H34O8. The Morgan fingerprint density at radius 3 is 2.65 bits per heavy atom. The number of fused-ring (bicyclic) bond motifs is 1. The lowest BCUT2D eigenvalue weighted by molar-refractivity contribution is -0.387. The van der Waals surface area contributed by atoms with Crippen LogP contribution in [0.5, 0.6) is 11.5 Å². The molecule has 2 unspecified atom stereocenters. The average Bonchev–Trinajstić information content (AvgIpc) is 2.78. The van der Waals surface area contributed by atoms with Crippen LogP contribution in [0.2, 0.25) is 0 Å². The van der Waals surface area contributed by atoms with E-state index in [0.717, 1.165) is 31.2 Å². The van der Waals surface area contributed by atoms with Gasteiger partial charge in [0.05, 0.1) is 32.0 Å². The van der Waals surface area contributed by atoms with Gasteiger partial charge < -0.3 is 38.6 Å². The Kier molecular flexibility index (Phi) is 7.05. The summed E-state index contributed by atoms with van der Waals surface area (Å²) >= 11 is 0. The van der Waals surface area contributed by atoms with Crippen LogP contribution in [0.4, 0.5) is 0 Å². The molecule has 0 amide bonds. The summed E-state index contributed by atoms with van der Waals surface area (Å²) in [5.74, 6) is 0.505. The minimum absolute atomic E-state index is 0.0897. The molecule has 2 heterocycles. The average molecular weight is 439 g/mol. The topological polar surface area (TPSA) is 95.8 Å². The third-order valence-electron chi connectivity index (χ3n) is 6.69. The summed E-state index contributed by atoms with van der Waals surface area (Å²) in [4.78, 5) is 0. The highest BCUT2D eigenvalue weighted by molar-refractivity contribution is 5.43. The molecular weight excluding hydrogens is 404 g/mol. The van der Waals surface area contributed by atoms with Crippen molar-refractivity contribution in [2.45, 2.75) is 82.1 Å². The zero-order valence-corrected chi connectivity index (χ0v) is 18.5. The predicted molar refractivity (Wildman–Crippen MR) is 111 cm³/mol. The Balaban J connectivity index is 1.51. The zero-order valence-electron chi connectivity index (χ0n) is 18.5. The van der Waals surface area contributed by atoms with Crippen molar-refractivity contribution >= 4 is 0 Å². The van der Waals surface area contributed by atoms with E-state index in [9.17, 15) is 10.2 Å². The second-order valence-corrected chi connectivity index (χ2v) is 8.76. The van der Waals surface area contributed by atoms with Crippen LogP contribution in [0.25, 0.3) is 0 Å². The molecule has 174 valence electrons. The second-order valence-electron chi connectivity index (χ2n) is 8.76. The number of benzene rings is 1. The molecule has 2 N–H and O–H groups in total. The van der Waals surface area contributed by atoms with E-state index in [-0.39, 0.29) is 18.6 Å². The monoisotopic (exact) mass is 438 g/mol. The molecule has 8 heteroatoms. The van der Waals surface area contributed by atoms with Gasteiger partial charge >= 0.3 is 0 Å². The van der Waals surface area contributed by atoms with Crippen molar-refractivity contribution in [3.63, 3.8) is 0 Å². The number of hydrogen-bond donors (Lipinski definition) is 2. The lowest BCUT2D eigenvalue weighted by atomic mass is 9.80. The number of aliphatic hydroxyl groups is 2.